The first kappa shape index (κ1) is 24.2. The Morgan fingerprint density at radius 3 is 2.29 bits per heavy atom. The molecule has 34 heavy (non-hydrogen) atoms. The monoisotopic (exact) mass is 459 g/mol. The molecule has 0 radical (unpaired) electrons. The number of rotatable bonds is 7. The van der Waals surface area contributed by atoms with Crippen LogP contribution in [0.5, 0.6) is 11.5 Å². The minimum Gasteiger partial charge on any atom is -0.493 e. The molecule has 174 valence electrons. The summed E-state index contributed by atoms with van der Waals surface area (Å²) >= 11 is 0. The van der Waals surface area contributed by atoms with Gasteiger partial charge in [0.05, 0.1) is 18.4 Å². The molecule has 2 amide bonds. The van der Waals surface area contributed by atoms with E-state index in [-0.39, 0.29) is 12.3 Å². The van der Waals surface area contributed by atoms with E-state index in [9.17, 15) is 14.4 Å². The first-order valence-corrected chi connectivity index (χ1v) is 10.5. The average Bonchev–Trinajstić information content (AvgIpc) is 2.86. The molecule has 3 aromatic rings. The number of ether oxygens (including phenoxy) is 2. The standard InChI is InChI=1S/C26H25N3O5/c1-17-9-7-8-12-21(17)26(32)34-22-14-13-20(15-23(22)33-3)18(2)28-29-25(31)24(30)27-16-19-10-5-4-6-11-19/h4-15H,16H2,1-3H3,(H,27,30)(H,29,31)/b28-18+. The van der Waals surface area contributed by atoms with Crippen LogP contribution in [0.3, 0.4) is 0 Å². The van der Waals surface area contributed by atoms with E-state index in [4.69, 9.17) is 9.47 Å². The number of aryl methyl sites for hydroxylation is 1. The van der Waals surface area contributed by atoms with Gasteiger partial charge in [0.2, 0.25) is 0 Å². The third-order valence-electron chi connectivity index (χ3n) is 4.98. The van der Waals surface area contributed by atoms with Crippen LogP contribution < -0.4 is 20.2 Å². The quantitative estimate of drug-likeness (QED) is 0.185. The zero-order valence-corrected chi connectivity index (χ0v) is 19.1. The fourth-order valence-electron chi connectivity index (χ4n) is 3.04. The highest BCUT2D eigenvalue weighted by atomic mass is 16.6. The van der Waals surface area contributed by atoms with Crippen molar-refractivity contribution in [1.82, 2.24) is 10.7 Å². The minimum atomic E-state index is -0.883. The minimum absolute atomic E-state index is 0.232. The predicted molar refractivity (Wildman–Crippen MR) is 128 cm³/mol. The fourth-order valence-corrected chi connectivity index (χ4v) is 3.04. The van der Waals surface area contributed by atoms with Crippen molar-refractivity contribution in [3.63, 3.8) is 0 Å². The third kappa shape index (κ3) is 6.29. The number of hydrogen-bond acceptors (Lipinski definition) is 6. The van der Waals surface area contributed by atoms with Gasteiger partial charge in [-0.25, -0.2) is 10.2 Å². The van der Waals surface area contributed by atoms with Gasteiger partial charge in [0.1, 0.15) is 0 Å². The zero-order chi connectivity index (χ0) is 24.5. The van der Waals surface area contributed by atoms with Crippen LogP contribution in [-0.4, -0.2) is 30.6 Å². The van der Waals surface area contributed by atoms with Crippen molar-refractivity contribution in [2.24, 2.45) is 5.10 Å². The van der Waals surface area contributed by atoms with E-state index in [0.717, 1.165) is 11.1 Å². The van der Waals surface area contributed by atoms with Crippen LogP contribution in [0.15, 0.2) is 77.9 Å². The smallest absolute Gasteiger partial charge is 0.343 e. The number of carbonyl (C=O) groups is 3. The summed E-state index contributed by atoms with van der Waals surface area (Å²) in [5, 5.41) is 6.52. The number of esters is 1. The topological polar surface area (TPSA) is 106 Å². The molecule has 3 aromatic carbocycles. The maximum atomic E-state index is 12.5. The molecule has 0 spiro atoms. The van der Waals surface area contributed by atoms with Crippen molar-refractivity contribution in [3.05, 3.63) is 95.1 Å². The normalized spacial score (nSPS) is 10.9. The second-order valence-corrected chi connectivity index (χ2v) is 7.38. The summed E-state index contributed by atoms with van der Waals surface area (Å²) in [6.07, 6.45) is 0. The van der Waals surface area contributed by atoms with Crippen molar-refractivity contribution in [2.45, 2.75) is 20.4 Å². The lowest BCUT2D eigenvalue weighted by atomic mass is 10.1. The Bertz CT molecular complexity index is 1220. The average molecular weight is 460 g/mol. The summed E-state index contributed by atoms with van der Waals surface area (Å²) in [5.41, 5.74) is 5.41. The largest absolute Gasteiger partial charge is 0.493 e. The highest BCUT2D eigenvalue weighted by molar-refractivity contribution is 6.35. The molecule has 0 bridgehead atoms. The SMILES string of the molecule is COc1cc(/C(C)=N/NC(=O)C(=O)NCc2ccccc2)ccc1OC(=O)c1ccccc1C. The lowest BCUT2D eigenvalue weighted by molar-refractivity contribution is -0.139. The van der Waals surface area contributed by atoms with Crippen LogP contribution in [0.4, 0.5) is 0 Å². The van der Waals surface area contributed by atoms with Crippen LogP contribution in [0.2, 0.25) is 0 Å². The second-order valence-electron chi connectivity index (χ2n) is 7.38. The third-order valence-corrected chi connectivity index (χ3v) is 4.98. The lowest BCUT2D eigenvalue weighted by Gasteiger charge is -2.12. The molecule has 0 aliphatic carbocycles. The van der Waals surface area contributed by atoms with E-state index in [2.05, 4.69) is 15.8 Å². The van der Waals surface area contributed by atoms with E-state index in [0.29, 0.717) is 22.6 Å². The number of methoxy groups -OCH3 is 1. The Hall–Kier alpha value is -4.46. The Morgan fingerprint density at radius 2 is 1.59 bits per heavy atom. The fraction of sp³-hybridized carbons (Fsp3) is 0.154. The predicted octanol–water partition coefficient (Wildman–Crippen LogP) is 3.38. The van der Waals surface area contributed by atoms with Gasteiger partial charge in [0.25, 0.3) is 0 Å². The summed E-state index contributed by atoms with van der Waals surface area (Å²) < 4.78 is 10.9. The number of hydrogen-bond donors (Lipinski definition) is 2. The van der Waals surface area contributed by atoms with Gasteiger partial charge in [-0.3, -0.25) is 9.59 Å². The Labute approximate surface area is 197 Å². The Kier molecular flexibility index (Phi) is 8.12. The molecule has 0 aliphatic heterocycles. The summed E-state index contributed by atoms with van der Waals surface area (Å²) in [5.74, 6) is -1.61. The second kappa shape index (κ2) is 11.4. The number of hydrazone groups is 1. The van der Waals surface area contributed by atoms with E-state index in [1.807, 2.05) is 49.4 Å². The van der Waals surface area contributed by atoms with Crippen molar-refractivity contribution in [3.8, 4) is 11.5 Å². The number of nitrogens with zero attached hydrogens (tertiary/aromatic N) is 1. The molecule has 0 atom stereocenters. The van der Waals surface area contributed by atoms with Gasteiger partial charge in [-0.1, -0.05) is 48.5 Å². The summed E-state index contributed by atoms with van der Waals surface area (Å²) in [6.45, 7) is 3.72. The molecule has 3 rings (SSSR count). The molecule has 0 saturated heterocycles. The first-order valence-electron chi connectivity index (χ1n) is 10.5. The van der Waals surface area contributed by atoms with Crippen molar-refractivity contribution < 1.29 is 23.9 Å². The molecule has 8 heteroatoms. The van der Waals surface area contributed by atoms with Gasteiger partial charge in [-0.15, -0.1) is 0 Å². The molecule has 0 unspecified atom stereocenters. The number of nitrogens with one attached hydrogen (secondary N) is 2. The highest BCUT2D eigenvalue weighted by Crippen LogP contribution is 2.29. The number of benzene rings is 3. The van der Waals surface area contributed by atoms with Crippen LogP contribution in [0, 0.1) is 6.92 Å². The van der Waals surface area contributed by atoms with Crippen LogP contribution >= 0.6 is 0 Å². The van der Waals surface area contributed by atoms with E-state index in [1.165, 1.54) is 7.11 Å². The lowest BCUT2D eigenvalue weighted by Crippen LogP contribution is -2.37. The Balaban J connectivity index is 1.63. The molecule has 8 nitrogen and oxygen atoms in total. The van der Waals surface area contributed by atoms with E-state index < -0.39 is 17.8 Å². The maximum absolute atomic E-state index is 12.5. The van der Waals surface area contributed by atoms with Gasteiger partial charge < -0.3 is 14.8 Å². The van der Waals surface area contributed by atoms with Gasteiger partial charge >= 0.3 is 17.8 Å². The molecule has 0 aromatic heterocycles. The zero-order valence-electron chi connectivity index (χ0n) is 19.1. The van der Waals surface area contributed by atoms with E-state index in [1.54, 1.807) is 37.3 Å². The van der Waals surface area contributed by atoms with Crippen molar-refractivity contribution in [1.29, 1.82) is 0 Å². The summed E-state index contributed by atoms with van der Waals surface area (Å²) in [6, 6.07) is 21.2. The molecule has 0 saturated carbocycles. The van der Waals surface area contributed by atoms with Gasteiger partial charge in [-0.2, -0.15) is 5.10 Å². The van der Waals surface area contributed by atoms with Crippen LogP contribution in [-0.2, 0) is 16.1 Å². The van der Waals surface area contributed by atoms with Gasteiger partial charge in [0, 0.05) is 12.1 Å². The number of amides is 2. The molecular weight excluding hydrogens is 434 g/mol. The van der Waals surface area contributed by atoms with Crippen LogP contribution in [0.1, 0.15) is 34.0 Å². The maximum Gasteiger partial charge on any atom is 0.343 e. The van der Waals surface area contributed by atoms with E-state index >= 15 is 0 Å². The van der Waals surface area contributed by atoms with Gasteiger partial charge in [0.15, 0.2) is 11.5 Å². The molecule has 0 aliphatic rings. The Morgan fingerprint density at radius 1 is 0.882 bits per heavy atom. The number of carbonyl (C=O) groups excluding carboxylic acids is 3. The summed E-state index contributed by atoms with van der Waals surface area (Å²) in [4.78, 5) is 36.6. The van der Waals surface area contributed by atoms with Gasteiger partial charge in [-0.05, 0) is 49.2 Å². The van der Waals surface area contributed by atoms with Crippen LogP contribution in [0.25, 0.3) is 0 Å². The van der Waals surface area contributed by atoms with Crippen molar-refractivity contribution >= 4 is 23.5 Å². The van der Waals surface area contributed by atoms with Crippen molar-refractivity contribution in [2.75, 3.05) is 7.11 Å². The summed E-state index contributed by atoms with van der Waals surface area (Å²) in [7, 11) is 1.45. The molecule has 2 N–H and O–H groups in total. The first-order chi connectivity index (χ1) is 16.4. The highest BCUT2D eigenvalue weighted by Gasteiger charge is 2.16. The molecular formula is C26H25N3O5. The molecule has 0 heterocycles. The molecule has 0 fully saturated rings.